The van der Waals surface area contributed by atoms with Crippen LogP contribution in [0.15, 0.2) is 59.2 Å². The van der Waals surface area contributed by atoms with E-state index in [4.69, 9.17) is 25.8 Å². The van der Waals surface area contributed by atoms with Gasteiger partial charge in [-0.1, -0.05) is 29.8 Å². The molecule has 0 radical (unpaired) electrons. The summed E-state index contributed by atoms with van der Waals surface area (Å²) in [4.78, 5) is 16.2. The van der Waals surface area contributed by atoms with Crippen molar-refractivity contribution in [2.24, 2.45) is 4.99 Å². The van der Waals surface area contributed by atoms with Gasteiger partial charge >= 0.3 is 5.97 Å². The maximum Gasteiger partial charge on any atom is 0.363 e. The molecule has 132 valence electrons. The first-order chi connectivity index (χ1) is 12.6. The fraction of sp³-hybridized carbons (Fsp3) is 0.100. The van der Waals surface area contributed by atoms with Crippen molar-refractivity contribution in [3.8, 4) is 11.5 Å². The summed E-state index contributed by atoms with van der Waals surface area (Å²) in [5.74, 6) is 0.908. The van der Waals surface area contributed by atoms with Gasteiger partial charge in [0.15, 0.2) is 17.2 Å². The van der Waals surface area contributed by atoms with Crippen molar-refractivity contribution in [2.45, 2.75) is 0 Å². The Hall–Kier alpha value is -3.05. The summed E-state index contributed by atoms with van der Waals surface area (Å²) in [6, 6.07) is 12.6. The van der Waals surface area contributed by atoms with Gasteiger partial charge in [-0.2, -0.15) is 0 Å². The molecule has 0 saturated heterocycles. The molecule has 0 amide bonds. The number of ether oxygens (including phenoxy) is 3. The number of esters is 1. The molecule has 0 atom stereocenters. The van der Waals surface area contributed by atoms with Crippen LogP contribution in [0.5, 0.6) is 11.5 Å². The zero-order chi connectivity index (χ0) is 18.5. The van der Waals surface area contributed by atoms with E-state index in [0.29, 0.717) is 16.5 Å². The van der Waals surface area contributed by atoms with E-state index in [1.807, 2.05) is 12.1 Å². The van der Waals surface area contributed by atoms with Crippen LogP contribution < -0.4 is 9.47 Å². The molecule has 6 heteroatoms. The van der Waals surface area contributed by atoms with Gasteiger partial charge in [-0.05, 0) is 47.5 Å². The third-order valence-electron chi connectivity index (χ3n) is 3.64. The summed E-state index contributed by atoms with van der Waals surface area (Å²) in [7, 11) is 3.12. The van der Waals surface area contributed by atoms with Gasteiger partial charge in [0, 0.05) is 11.1 Å². The zero-order valence-corrected chi connectivity index (χ0v) is 15.0. The molecule has 1 aliphatic rings. The van der Waals surface area contributed by atoms with Crippen LogP contribution in [0.4, 0.5) is 0 Å². The highest BCUT2D eigenvalue weighted by atomic mass is 35.5. The molecular formula is C20H16ClNO4. The number of benzene rings is 2. The van der Waals surface area contributed by atoms with Gasteiger partial charge in [0.1, 0.15) is 0 Å². The second-order valence-corrected chi connectivity index (χ2v) is 5.80. The second kappa shape index (κ2) is 7.89. The lowest BCUT2D eigenvalue weighted by Crippen LogP contribution is -2.01. The molecule has 0 aromatic heterocycles. The van der Waals surface area contributed by atoms with E-state index in [1.165, 1.54) is 0 Å². The summed E-state index contributed by atoms with van der Waals surface area (Å²) in [5, 5.41) is 0.659. The maximum atomic E-state index is 12.0. The Balaban J connectivity index is 1.81. The number of aliphatic imine (C=N–C) groups is 1. The van der Waals surface area contributed by atoms with Crippen molar-refractivity contribution in [3.05, 3.63) is 70.4 Å². The number of cyclic esters (lactones) is 1. The Bertz CT molecular complexity index is 914. The van der Waals surface area contributed by atoms with Gasteiger partial charge in [0.2, 0.25) is 5.90 Å². The first-order valence-corrected chi connectivity index (χ1v) is 8.15. The van der Waals surface area contributed by atoms with Crippen LogP contribution in [-0.4, -0.2) is 26.1 Å². The van der Waals surface area contributed by atoms with Crippen molar-refractivity contribution in [1.82, 2.24) is 0 Å². The number of rotatable bonds is 5. The van der Waals surface area contributed by atoms with E-state index in [2.05, 4.69) is 4.99 Å². The summed E-state index contributed by atoms with van der Waals surface area (Å²) < 4.78 is 15.6. The van der Waals surface area contributed by atoms with Crippen LogP contribution in [0, 0.1) is 0 Å². The highest BCUT2D eigenvalue weighted by Gasteiger charge is 2.21. The lowest BCUT2D eigenvalue weighted by molar-refractivity contribution is -0.129. The topological polar surface area (TPSA) is 57.1 Å². The predicted octanol–water partition coefficient (Wildman–Crippen LogP) is 4.37. The molecule has 0 fully saturated rings. The normalized spacial score (nSPS) is 15.3. The van der Waals surface area contributed by atoms with E-state index < -0.39 is 5.97 Å². The molecule has 0 bridgehead atoms. The molecule has 1 aliphatic heterocycles. The van der Waals surface area contributed by atoms with Gasteiger partial charge in [-0.25, -0.2) is 9.79 Å². The number of nitrogens with zero attached hydrogens (tertiary/aromatic N) is 1. The van der Waals surface area contributed by atoms with Crippen LogP contribution >= 0.6 is 11.6 Å². The Morgan fingerprint density at radius 3 is 2.35 bits per heavy atom. The van der Waals surface area contributed by atoms with Gasteiger partial charge < -0.3 is 14.2 Å². The molecule has 3 rings (SSSR count). The summed E-state index contributed by atoms with van der Waals surface area (Å²) >= 11 is 5.85. The monoisotopic (exact) mass is 369 g/mol. The molecule has 0 unspecified atom stereocenters. The average Bonchev–Trinajstić information content (AvgIpc) is 3.00. The molecule has 0 N–H and O–H groups in total. The molecule has 26 heavy (non-hydrogen) atoms. The lowest BCUT2D eigenvalue weighted by atomic mass is 10.1. The predicted molar refractivity (Wildman–Crippen MR) is 102 cm³/mol. The first-order valence-electron chi connectivity index (χ1n) is 7.77. The number of halogens is 1. The van der Waals surface area contributed by atoms with Crippen molar-refractivity contribution in [2.75, 3.05) is 14.2 Å². The fourth-order valence-electron chi connectivity index (χ4n) is 2.34. The molecule has 0 spiro atoms. The van der Waals surface area contributed by atoms with Crippen LogP contribution in [0.25, 0.3) is 12.2 Å². The van der Waals surface area contributed by atoms with E-state index in [-0.39, 0.29) is 11.6 Å². The van der Waals surface area contributed by atoms with E-state index >= 15 is 0 Å². The summed E-state index contributed by atoms with van der Waals surface area (Å²) in [5.41, 5.74) is 1.89. The van der Waals surface area contributed by atoms with Gasteiger partial charge in [-0.15, -0.1) is 0 Å². The number of carbonyl (C=O) groups is 1. The SMILES string of the molecule is COc1ccc(C=C2N=C(C=Cc3ccc(Cl)cc3)OC2=O)cc1OC. The van der Waals surface area contributed by atoms with Gasteiger partial charge in [-0.3, -0.25) is 0 Å². The standard InChI is InChI=1S/C20H16ClNO4/c1-24-17-9-5-14(12-18(17)25-2)11-16-20(23)26-19(22-16)10-6-13-3-7-15(21)8-4-13/h3-12H,1-2H3. The summed E-state index contributed by atoms with van der Waals surface area (Å²) in [6.45, 7) is 0. The summed E-state index contributed by atoms with van der Waals surface area (Å²) in [6.07, 6.45) is 5.06. The number of hydrogen-bond acceptors (Lipinski definition) is 5. The van der Waals surface area contributed by atoms with Crippen LogP contribution in [0.2, 0.25) is 5.02 Å². The third kappa shape index (κ3) is 4.13. The minimum atomic E-state index is -0.504. The Morgan fingerprint density at radius 1 is 0.962 bits per heavy atom. The largest absolute Gasteiger partial charge is 0.493 e. The minimum absolute atomic E-state index is 0.216. The molecular weight excluding hydrogens is 354 g/mol. The number of methoxy groups -OCH3 is 2. The van der Waals surface area contributed by atoms with Crippen LogP contribution in [0.3, 0.4) is 0 Å². The van der Waals surface area contributed by atoms with Crippen molar-refractivity contribution in [1.29, 1.82) is 0 Å². The minimum Gasteiger partial charge on any atom is -0.493 e. The quantitative estimate of drug-likeness (QED) is 0.580. The van der Waals surface area contributed by atoms with Crippen LogP contribution in [-0.2, 0) is 9.53 Å². The molecule has 2 aromatic carbocycles. The number of carbonyl (C=O) groups excluding carboxylic acids is 1. The first kappa shape index (κ1) is 17.8. The third-order valence-corrected chi connectivity index (χ3v) is 3.89. The van der Waals surface area contributed by atoms with E-state index in [1.54, 1.807) is 62.8 Å². The Morgan fingerprint density at radius 2 is 1.65 bits per heavy atom. The Labute approximate surface area is 156 Å². The van der Waals surface area contributed by atoms with E-state index in [9.17, 15) is 4.79 Å². The molecule has 0 aliphatic carbocycles. The highest BCUT2D eigenvalue weighted by molar-refractivity contribution is 6.30. The smallest absolute Gasteiger partial charge is 0.363 e. The molecule has 2 aromatic rings. The molecule has 1 heterocycles. The van der Waals surface area contributed by atoms with Crippen molar-refractivity contribution < 1.29 is 19.0 Å². The van der Waals surface area contributed by atoms with Crippen molar-refractivity contribution >= 4 is 35.6 Å². The van der Waals surface area contributed by atoms with Gasteiger partial charge in [0.05, 0.1) is 14.2 Å². The second-order valence-electron chi connectivity index (χ2n) is 5.37. The number of hydrogen-bond donors (Lipinski definition) is 0. The lowest BCUT2D eigenvalue weighted by Gasteiger charge is -2.07. The van der Waals surface area contributed by atoms with Gasteiger partial charge in [0.25, 0.3) is 0 Å². The fourth-order valence-corrected chi connectivity index (χ4v) is 2.46. The van der Waals surface area contributed by atoms with Crippen molar-refractivity contribution in [3.63, 3.8) is 0 Å². The Kier molecular flexibility index (Phi) is 5.39. The molecule has 0 saturated carbocycles. The molecule has 5 nitrogen and oxygen atoms in total. The average molecular weight is 370 g/mol. The van der Waals surface area contributed by atoms with E-state index in [0.717, 1.165) is 11.1 Å². The zero-order valence-electron chi connectivity index (χ0n) is 14.2. The maximum absolute atomic E-state index is 12.0. The van der Waals surface area contributed by atoms with Crippen LogP contribution in [0.1, 0.15) is 11.1 Å². The highest BCUT2D eigenvalue weighted by Crippen LogP contribution is 2.29.